The van der Waals surface area contributed by atoms with Gasteiger partial charge in [-0.25, -0.2) is 13.6 Å². The minimum absolute atomic E-state index is 0.0500. The van der Waals surface area contributed by atoms with Crippen LogP contribution in [0.15, 0.2) is 36.4 Å². The molecule has 0 radical (unpaired) electrons. The highest BCUT2D eigenvalue weighted by Gasteiger charge is 2.16. The van der Waals surface area contributed by atoms with Gasteiger partial charge in [-0.2, -0.15) is 0 Å². The lowest BCUT2D eigenvalue weighted by Crippen LogP contribution is -2.22. The quantitative estimate of drug-likeness (QED) is 0.793. The molecule has 0 aliphatic carbocycles. The summed E-state index contributed by atoms with van der Waals surface area (Å²) in [4.78, 5) is 23.2. The van der Waals surface area contributed by atoms with Crippen molar-refractivity contribution < 1.29 is 18.4 Å². The van der Waals surface area contributed by atoms with Crippen molar-refractivity contribution >= 4 is 29.0 Å². The number of amides is 3. The fourth-order valence-corrected chi connectivity index (χ4v) is 2.35. The molecule has 1 heterocycles. The summed E-state index contributed by atoms with van der Waals surface area (Å²) in [6, 6.07) is 7.56. The fraction of sp³-hybridized carbons (Fsp3) is 0.125. The number of halogens is 2. The Morgan fingerprint density at radius 3 is 2.52 bits per heavy atom. The average Bonchev–Trinajstić information content (AvgIpc) is 2.51. The SMILES string of the molecule is O=C1CCc2cc(NC(=O)Nc3c(F)cccc3F)ccc2N1. The van der Waals surface area contributed by atoms with E-state index in [0.29, 0.717) is 24.2 Å². The van der Waals surface area contributed by atoms with Crippen LogP contribution in [0.4, 0.5) is 30.6 Å². The largest absolute Gasteiger partial charge is 0.326 e. The molecule has 0 saturated carbocycles. The van der Waals surface area contributed by atoms with E-state index in [2.05, 4.69) is 16.0 Å². The number of fused-ring (bicyclic) bond motifs is 1. The number of urea groups is 1. The Bertz CT molecular complexity index is 773. The first-order valence-electron chi connectivity index (χ1n) is 6.98. The van der Waals surface area contributed by atoms with Crippen LogP contribution in [0.2, 0.25) is 0 Å². The number of benzene rings is 2. The molecule has 23 heavy (non-hydrogen) atoms. The van der Waals surface area contributed by atoms with Crippen LogP contribution in [0.3, 0.4) is 0 Å². The van der Waals surface area contributed by atoms with E-state index in [0.717, 1.165) is 17.7 Å². The van der Waals surface area contributed by atoms with Gasteiger partial charge in [0.15, 0.2) is 0 Å². The molecule has 0 spiro atoms. The topological polar surface area (TPSA) is 70.2 Å². The molecule has 0 fully saturated rings. The monoisotopic (exact) mass is 317 g/mol. The van der Waals surface area contributed by atoms with Crippen molar-refractivity contribution in [3.05, 3.63) is 53.6 Å². The van der Waals surface area contributed by atoms with Crippen molar-refractivity contribution in [1.82, 2.24) is 0 Å². The van der Waals surface area contributed by atoms with E-state index < -0.39 is 23.4 Å². The van der Waals surface area contributed by atoms with E-state index in [9.17, 15) is 18.4 Å². The van der Waals surface area contributed by atoms with Gasteiger partial charge in [0.1, 0.15) is 17.3 Å². The maximum Gasteiger partial charge on any atom is 0.323 e. The first kappa shape index (κ1) is 15.0. The Kier molecular flexibility index (Phi) is 3.92. The highest BCUT2D eigenvalue weighted by atomic mass is 19.1. The van der Waals surface area contributed by atoms with Crippen LogP contribution in [-0.4, -0.2) is 11.9 Å². The lowest BCUT2D eigenvalue weighted by atomic mass is 10.0. The smallest absolute Gasteiger partial charge is 0.323 e. The van der Waals surface area contributed by atoms with Crippen molar-refractivity contribution in [1.29, 1.82) is 0 Å². The summed E-state index contributed by atoms with van der Waals surface area (Å²) in [6.45, 7) is 0. The summed E-state index contributed by atoms with van der Waals surface area (Å²) in [5.74, 6) is -1.76. The Labute approximate surface area is 130 Å². The second-order valence-corrected chi connectivity index (χ2v) is 5.10. The zero-order chi connectivity index (χ0) is 16.4. The third-order valence-electron chi connectivity index (χ3n) is 3.46. The van der Waals surface area contributed by atoms with Gasteiger partial charge in [0, 0.05) is 17.8 Å². The standard InChI is InChI=1S/C16H13F2N3O2/c17-11-2-1-3-12(18)15(11)21-16(23)19-10-5-6-13-9(8-10)4-7-14(22)20-13/h1-3,5-6,8H,4,7H2,(H,20,22)(H2,19,21,23). The molecular weight excluding hydrogens is 304 g/mol. The third-order valence-corrected chi connectivity index (χ3v) is 3.46. The van der Waals surface area contributed by atoms with Gasteiger partial charge in [-0.05, 0) is 42.3 Å². The molecule has 5 nitrogen and oxygen atoms in total. The first-order chi connectivity index (χ1) is 11.0. The first-order valence-corrected chi connectivity index (χ1v) is 6.98. The van der Waals surface area contributed by atoms with Crippen LogP contribution in [0.5, 0.6) is 0 Å². The van der Waals surface area contributed by atoms with E-state index in [1.807, 2.05) is 0 Å². The molecule has 118 valence electrons. The predicted molar refractivity (Wildman–Crippen MR) is 82.4 cm³/mol. The molecule has 0 aromatic heterocycles. The molecule has 3 amide bonds. The second kappa shape index (κ2) is 6.04. The van der Waals surface area contributed by atoms with Gasteiger partial charge >= 0.3 is 6.03 Å². The zero-order valence-electron chi connectivity index (χ0n) is 12.0. The summed E-state index contributed by atoms with van der Waals surface area (Å²) in [5.41, 5.74) is 1.55. The molecule has 1 aliphatic rings. The van der Waals surface area contributed by atoms with Crippen LogP contribution < -0.4 is 16.0 Å². The van der Waals surface area contributed by atoms with Gasteiger partial charge in [-0.15, -0.1) is 0 Å². The lowest BCUT2D eigenvalue weighted by molar-refractivity contribution is -0.116. The number of carbonyl (C=O) groups is 2. The van der Waals surface area contributed by atoms with Crippen molar-refractivity contribution in [3.8, 4) is 0 Å². The Balaban J connectivity index is 1.72. The second-order valence-electron chi connectivity index (χ2n) is 5.10. The molecule has 2 aromatic carbocycles. The predicted octanol–water partition coefficient (Wildman–Crippen LogP) is 3.49. The van der Waals surface area contributed by atoms with Crippen molar-refractivity contribution in [2.24, 2.45) is 0 Å². The van der Waals surface area contributed by atoms with Crippen LogP contribution >= 0.6 is 0 Å². The van der Waals surface area contributed by atoms with Crippen LogP contribution in [0.1, 0.15) is 12.0 Å². The maximum absolute atomic E-state index is 13.5. The Morgan fingerprint density at radius 1 is 1.04 bits per heavy atom. The summed E-state index contributed by atoms with van der Waals surface area (Å²) in [5, 5.41) is 7.38. The molecule has 7 heteroatoms. The van der Waals surface area contributed by atoms with Crippen LogP contribution in [0.25, 0.3) is 0 Å². The van der Waals surface area contributed by atoms with Gasteiger partial charge in [0.2, 0.25) is 5.91 Å². The number of anilines is 3. The molecule has 0 bridgehead atoms. The summed E-state index contributed by atoms with van der Waals surface area (Å²) in [6.07, 6.45) is 0.948. The number of nitrogens with one attached hydrogen (secondary N) is 3. The molecule has 3 N–H and O–H groups in total. The Hall–Kier alpha value is -2.96. The minimum Gasteiger partial charge on any atom is -0.326 e. The molecule has 1 aliphatic heterocycles. The zero-order valence-corrected chi connectivity index (χ0v) is 12.0. The van der Waals surface area contributed by atoms with Gasteiger partial charge in [-0.1, -0.05) is 6.07 Å². The maximum atomic E-state index is 13.5. The van der Waals surface area contributed by atoms with Gasteiger partial charge in [-0.3, -0.25) is 4.79 Å². The van der Waals surface area contributed by atoms with Gasteiger partial charge < -0.3 is 16.0 Å². The number of carbonyl (C=O) groups excluding carboxylic acids is 2. The van der Waals surface area contributed by atoms with E-state index in [1.165, 1.54) is 6.07 Å². The summed E-state index contributed by atoms with van der Waals surface area (Å²) < 4.78 is 27.0. The normalized spacial score (nSPS) is 13.0. The van der Waals surface area contributed by atoms with E-state index in [-0.39, 0.29) is 5.91 Å². The average molecular weight is 317 g/mol. The molecule has 3 rings (SSSR count). The minimum atomic E-state index is -0.853. The molecule has 0 atom stereocenters. The summed E-state index contributed by atoms with van der Waals surface area (Å²) >= 11 is 0. The van der Waals surface area contributed by atoms with Crippen molar-refractivity contribution in [3.63, 3.8) is 0 Å². The van der Waals surface area contributed by atoms with Gasteiger partial charge in [0.05, 0.1) is 0 Å². The van der Waals surface area contributed by atoms with Gasteiger partial charge in [0.25, 0.3) is 0 Å². The Morgan fingerprint density at radius 2 is 1.78 bits per heavy atom. The number of para-hydroxylation sites is 1. The van der Waals surface area contributed by atoms with Crippen molar-refractivity contribution in [2.45, 2.75) is 12.8 Å². The third kappa shape index (κ3) is 3.28. The highest BCUT2D eigenvalue weighted by molar-refractivity contribution is 6.00. The number of aryl methyl sites for hydroxylation is 1. The molecule has 0 unspecified atom stereocenters. The van der Waals surface area contributed by atoms with E-state index >= 15 is 0 Å². The van der Waals surface area contributed by atoms with Crippen LogP contribution in [0, 0.1) is 11.6 Å². The van der Waals surface area contributed by atoms with Crippen molar-refractivity contribution in [2.75, 3.05) is 16.0 Å². The molecule has 2 aromatic rings. The lowest BCUT2D eigenvalue weighted by Gasteiger charge is -2.18. The molecule has 0 saturated heterocycles. The molecular formula is C16H13F2N3O2. The number of hydrogen-bond donors (Lipinski definition) is 3. The van der Waals surface area contributed by atoms with Crippen LogP contribution in [-0.2, 0) is 11.2 Å². The van der Waals surface area contributed by atoms with E-state index in [4.69, 9.17) is 0 Å². The van der Waals surface area contributed by atoms with E-state index in [1.54, 1.807) is 18.2 Å². The fourth-order valence-electron chi connectivity index (χ4n) is 2.35. The number of rotatable bonds is 2. The highest BCUT2D eigenvalue weighted by Crippen LogP contribution is 2.26. The number of hydrogen-bond acceptors (Lipinski definition) is 2. The summed E-state index contributed by atoms with van der Waals surface area (Å²) in [7, 11) is 0.